The molecule has 4 aromatic rings. The van der Waals surface area contributed by atoms with Gasteiger partial charge >= 0.3 is 5.97 Å². The summed E-state index contributed by atoms with van der Waals surface area (Å²) < 4.78 is 11.8. The van der Waals surface area contributed by atoms with Gasteiger partial charge in [-0.2, -0.15) is 5.21 Å². The molecule has 3 heterocycles. The molecule has 2 amide bonds. The number of amides is 2. The number of β-lactam (4-membered cyclic amide) rings is 1. The number of rotatable bonds is 10. The van der Waals surface area contributed by atoms with Crippen LogP contribution in [-0.4, -0.2) is 67.6 Å². The number of fused-ring (bicyclic) bond motifs is 1. The maximum absolute atomic E-state index is 14.0. The lowest BCUT2D eigenvalue weighted by Gasteiger charge is -2.61. The van der Waals surface area contributed by atoms with E-state index in [1.807, 2.05) is 60.7 Å². The van der Waals surface area contributed by atoms with E-state index >= 15 is 0 Å². The highest BCUT2D eigenvalue weighted by molar-refractivity contribution is 7.99. The van der Waals surface area contributed by atoms with Gasteiger partial charge in [0.05, 0.1) is 18.8 Å². The zero-order chi connectivity index (χ0) is 29.8. The second-order valence-corrected chi connectivity index (χ2v) is 10.8. The minimum atomic E-state index is -2.61. The molecule has 0 radical (unpaired) electrons. The summed E-state index contributed by atoms with van der Waals surface area (Å²) in [4.78, 5) is 41.1. The van der Waals surface area contributed by atoms with Crippen LogP contribution in [-0.2, 0) is 30.3 Å². The fourth-order valence-electron chi connectivity index (χ4n) is 4.95. The second-order valence-electron chi connectivity index (χ2n) is 9.83. The van der Waals surface area contributed by atoms with Crippen LogP contribution in [0.15, 0.2) is 107 Å². The fraction of sp³-hybridized carbons (Fsp3) is 0.200. The van der Waals surface area contributed by atoms with Crippen molar-refractivity contribution in [2.75, 3.05) is 12.4 Å². The first-order valence-electron chi connectivity index (χ1n) is 13.3. The van der Waals surface area contributed by atoms with Crippen molar-refractivity contribution in [3.8, 4) is 0 Å². The average molecular weight is 598 g/mol. The molecule has 218 valence electrons. The van der Waals surface area contributed by atoms with Gasteiger partial charge in [-0.3, -0.25) is 14.5 Å². The number of tetrazole rings is 1. The van der Waals surface area contributed by atoms with E-state index in [0.29, 0.717) is 16.3 Å². The van der Waals surface area contributed by atoms with Gasteiger partial charge in [-0.25, -0.2) is 4.79 Å². The minimum Gasteiger partial charge on any atom is -0.823 e. The molecule has 43 heavy (non-hydrogen) atoms. The summed E-state index contributed by atoms with van der Waals surface area (Å²) in [5, 5.41) is 30.0. The van der Waals surface area contributed by atoms with Gasteiger partial charge in [0.2, 0.25) is 17.0 Å². The monoisotopic (exact) mass is 597 g/mol. The Bertz CT molecular complexity index is 1600. The van der Waals surface area contributed by atoms with Crippen LogP contribution in [0.2, 0.25) is 0 Å². The van der Waals surface area contributed by atoms with E-state index in [-0.39, 0.29) is 24.5 Å². The van der Waals surface area contributed by atoms with Crippen LogP contribution in [0.1, 0.15) is 22.8 Å². The summed E-state index contributed by atoms with van der Waals surface area (Å²) in [5.41, 5.74) is -0.220. The quantitative estimate of drug-likeness (QED) is 0.119. The van der Waals surface area contributed by atoms with Gasteiger partial charge in [-0.05, 0) is 27.5 Å². The van der Waals surface area contributed by atoms with Gasteiger partial charge in [0.25, 0.3) is 0 Å². The predicted octanol–water partition coefficient (Wildman–Crippen LogP) is 1.49. The Labute approximate surface area is 250 Å². The Morgan fingerprint density at radius 1 is 1.05 bits per heavy atom. The number of ether oxygens (including phenoxy) is 2. The summed E-state index contributed by atoms with van der Waals surface area (Å²) in [5.74, 6) is -2.34. The number of thioether (sulfide) groups is 1. The van der Waals surface area contributed by atoms with Crippen molar-refractivity contribution < 1.29 is 29.0 Å². The molecule has 2 atom stereocenters. The summed E-state index contributed by atoms with van der Waals surface area (Å²) in [7, 11) is 0. The summed E-state index contributed by atoms with van der Waals surface area (Å²) in [6.07, 6.45) is -2.35. The molecule has 3 aromatic carbocycles. The third kappa shape index (κ3) is 5.78. The van der Waals surface area contributed by atoms with Crippen molar-refractivity contribution in [1.82, 2.24) is 30.8 Å². The van der Waals surface area contributed by atoms with E-state index in [9.17, 15) is 19.5 Å². The molecule has 12 nitrogen and oxygen atoms in total. The molecule has 2 aliphatic rings. The van der Waals surface area contributed by atoms with Gasteiger partial charge in [0, 0.05) is 5.75 Å². The van der Waals surface area contributed by atoms with E-state index in [0.717, 1.165) is 27.8 Å². The normalized spacial score (nSPS) is 19.5. The van der Waals surface area contributed by atoms with Crippen LogP contribution in [0.4, 0.5) is 0 Å². The molecule has 1 saturated heterocycles. The Kier molecular flexibility index (Phi) is 8.01. The summed E-state index contributed by atoms with van der Waals surface area (Å²) in [6, 6.07) is 27.2. The summed E-state index contributed by atoms with van der Waals surface area (Å²) >= 11 is 1.16. The summed E-state index contributed by atoms with van der Waals surface area (Å²) in [6.45, 7) is -0.163. The SMILES string of the molecule is O=C(Cc1ccccc1)N[C@]1([O-])C(=O)N2C(C(=O)OC(c3ccccc3)c3ccccc3)=C(CSc3nn[nH]n3)CO[C@@H]21. The first-order valence-corrected chi connectivity index (χ1v) is 14.3. The van der Waals surface area contributed by atoms with E-state index < -0.39 is 35.8 Å². The van der Waals surface area contributed by atoms with Crippen LogP contribution in [0.25, 0.3) is 0 Å². The van der Waals surface area contributed by atoms with Crippen molar-refractivity contribution >= 4 is 29.5 Å². The number of nitrogens with zero attached hydrogens (tertiary/aromatic N) is 4. The van der Waals surface area contributed by atoms with Crippen LogP contribution in [0.5, 0.6) is 0 Å². The van der Waals surface area contributed by atoms with Crippen molar-refractivity contribution in [2.45, 2.75) is 29.6 Å². The Morgan fingerprint density at radius 2 is 1.67 bits per heavy atom. The average Bonchev–Trinajstić information content (AvgIpc) is 3.57. The first-order chi connectivity index (χ1) is 20.9. The molecule has 0 aliphatic carbocycles. The molecule has 2 N–H and O–H groups in total. The van der Waals surface area contributed by atoms with E-state index in [4.69, 9.17) is 9.47 Å². The number of hydrogen-bond donors (Lipinski definition) is 2. The molecular formula is C30H25N6O6S-. The number of nitrogens with one attached hydrogen (secondary N) is 2. The van der Waals surface area contributed by atoms with Gasteiger partial charge < -0.3 is 19.9 Å². The van der Waals surface area contributed by atoms with Crippen molar-refractivity contribution in [1.29, 1.82) is 0 Å². The molecule has 0 unspecified atom stereocenters. The maximum atomic E-state index is 14.0. The standard InChI is InChI=1S/C30H25N6O6S/c37-23(16-19-10-4-1-5-11-19)31-30(40)27(39)36-24(22(17-41-28(30)36)18-43-29-32-34-35-33-29)26(38)42-25(20-12-6-2-7-13-20)21-14-8-3-9-15-21/h1-15,25,28H,16-18H2,(H,31,37)(H,32,33,34,35)/q-1/t28-,30+/m1/s1. The van der Waals surface area contributed by atoms with E-state index in [1.165, 1.54) is 0 Å². The Balaban J connectivity index is 1.28. The Hall–Kier alpha value is -4.85. The van der Waals surface area contributed by atoms with Gasteiger partial charge in [0.1, 0.15) is 5.70 Å². The molecule has 0 bridgehead atoms. The van der Waals surface area contributed by atoms with Crippen LogP contribution >= 0.6 is 11.8 Å². The molecule has 1 fully saturated rings. The van der Waals surface area contributed by atoms with Gasteiger partial charge in [-0.1, -0.05) is 103 Å². The maximum Gasteiger partial charge on any atom is 0.356 e. The van der Waals surface area contributed by atoms with Crippen molar-refractivity contribution in [3.05, 3.63) is 119 Å². The largest absolute Gasteiger partial charge is 0.823 e. The molecule has 0 spiro atoms. The number of H-pyrrole nitrogens is 1. The van der Waals surface area contributed by atoms with Gasteiger partial charge in [-0.15, -0.1) is 10.2 Å². The van der Waals surface area contributed by atoms with Crippen molar-refractivity contribution in [2.24, 2.45) is 0 Å². The van der Waals surface area contributed by atoms with Crippen molar-refractivity contribution in [3.63, 3.8) is 0 Å². The van der Waals surface area contributed by atoms with Crippen LogP contribution in [0.3, 0.4) is 0 Å². The fourth-order valence-corrected chi connectivity index (χ4v) is 5.68. The van der Waals surface area contributed by atoms with Gasteiger partial charge in [0.15, 0.2) is 12.3 Å². The molecule has 2 aliphatic heterocycles. The number of aromatic amines is 1. The van der Waals surface area contributed by atoms with E-state index in [2.05, 4.69) is 25.9 Å². The molecule has 0 saturated carbocycles. The van der Waals surface area contributed by atoms with E-state index in [1.54, 1.807) is 30.3 Å². The topological polar surface area (TPSA) is 162 Å². The predicted molar refractivity (Wildman–Crippen MR) is 150 cm³/mol. The highest BCUT2D eigenvalue weighted by Crippen LogP contribution is 2.39. The lowest BCUT2D eigenvalue weighted by molar-refractivity contribution is -0.516. The molecule has 13 heteroatoms. The van der Waals surface area contributed by atoms with Crippen LogP contribution in [0, 0.1) is 0 Å². The first kappa shape index (κ1) is 28.3. The lowest BCUT2D eigenvalue weighted by Crippen LogP contribution is -2.87. The molecular weight excluding hydrogens is 572 g/mol. The second kappa shape index (κ2) is 12.2. The molecule has 1 aromatic heterocycles. The number of carbonyl (C=O) groups is 3. The third-order valence-electron chi connectivity index (χ3n) is 6.97. The Morgan fingerprint density at radius 3 is 2.28 bits per heavy atom. The smallest absolute Gasteiger partial charge is 0.356 e. The highest BCUT2D eigenvalue weighted by atomic mass is 32.2. The minimum absolute atomic E-state index is 0.0992. The zero-order valence-corrected chi connectivity index (χ0v) is 23.4. The molecule has 6 rings (SSSR count). The highest BCUT2D eigenvalue weighted by Gasteiger charge is 2.59. The third-order valence-corrected chi connectivity index (χ3v) is 7.89. The number of hydrogen-bond acceptors (Lipinski definition) is 10. The number of carbonyl (C=O) groups excluding carboxylic acids is 3. The zero-order valence-electron chi connectivity index (χ0n) is 22.6. The number of esters is 1. The number of aromatic nitrogens is 4. The van der Waals surface area contributed by atoms with Crippen LogP contribution < -0.4 is 10.4 Å². The number of benzene rings is 3. The lowest BCUT2D eigenvalue weighted by atomic mass is 9.94.